The highest BCUT2D eigenvalue weighted by Gasteiger charge is 2.54. The fourth-order valence-electron chi connectivity index (χ4n) is 4.59. The second-order valence-electron chi connectivity index (χ2n) is 9.14. The van der Waals surface area contributed by atoms with E-state index in [1.807, 2.05) is 37.3 Å². The number of ether oxygens (including phenoxy) is 2. The summed E-state index contributed by atoms with van der Waals surface area (Å²) in [5, 5.41) is 0. The van der Waals surface area contributed by atoms with E-state index in [0.29, 0.717) is 11.5 Å². The lowest BCUT2D eigenvalue weighted by molar-refractivity contribution is -0.438. The van der Waals surface area contributed by atoms with E-state index in [2.05, 4.69) is 6.92 Å². The van der Waals surface area contributed by atoms with E-state index in [4.69, 9.17) is 19.2 Å². The van der Waals surface area contributed by atoms with Crippen LogP contribution in [0, 0.1) is 11.3 Å². The van der Waals surface area contributed by atoms with Crippen LogP contribution in [-0.2, 0) is 19.6 Å². The third kappa shape index (κ3) is 4.59. The largest absolute Gasteiger partial charge is 0.497 e. The lowest BCUT2D eigenvalue weighted by Crippen LogP contribution is -2.57. The van der Waals surface area contributed by atoms with Crippen LogP contribution in [0.5, 0.6) is 11.5 Å². The maximum Gasteiger partial charge on any atom is 0.181 e. The minimum atomic E-state index is -3.48. The summed E-state index contributed by atoms with van der Waals surface area (Å²) in [6.45, 7) is 4.49. The van der Waals surface area contributed by atoms with E-state index in [9.17, 15) is 8.42 Å². The van der Waals surface area contributed by atoms with E-state index in [1.54, 1.807) is 31.4 Å². The molecule has 168 valence electrons. The zero-order valence-corrected chi connectivity index (χ0v) is 19.1. The minimum absolute atomic E-state index is 0.0968. The van der Waals surface area contributed by atoms with Gasteiger partial charge in [-0.15, -0.1) is 0 Å². The van der Waals surface area contributed by atoms with Crippen molar-refractivity contribution in [2.24, 2.45) is 11.3 Å². The number of benzene rings is 2. The Kier molecular flexibility index (Phi) is 6.03. The van der Waals surface area contributed by atoms with Crippen LogP contribution in [0.4, 0.5) is 0 Å². The first kappa shape index (κ1) is 22.1. The first-order valence-corrected chi connectivity index (χ1v) is 12.3. The lowest BCUT2D eigenvalue weighted by atomic mass is 9.65. The third-order valence-electron chi connectivity index (χ3n) is 6.76. The van der Waals surface area contributed by atoms with Gasteiger partial charge in [-0.3, -0.25) is 0 Å². The van der Waals surface area contributed by atoms with Crippen LogP contribution in [0.25, 0.3) is 0 Å². The molecule has 1 aliphatic carbocycles. The standard InChI is InChI=1S/C24H30O6S/c1-23(16-28-20-11-9-19(27-3)10-12-20)14-13-18-15-22(23)29-30-24(18,2)17-31(25,26)21-7-5-4-6-8-21/h4-12,18,22H,13-17H2,1-3H3/t18-,22-,23+,24-/m1/s1. The zero-order chi connectivity index (χ0) is 22.1. The van der Waals surface area contributed by atoms with Gasteiger partial charge in [0.05, 0.1) is 24.4 Å². The van der Waals surface area contributed by atoms with Gasteiger partial charge in [0, 0.05) is 5.41 Å². The zero-order valence-electron chi connectivity index (χ0n) is 18.2. The van der Waals surface area contributed by atoms with E-state index in [0.717, 1.165) is 30.8 Å². The average molecular weight is 447 g/mol. The van der Waals surface area contributed by atoms with Gasteiger partial charge in [-0.05, 0) is 68.5 Å². The number of hydrogen-bond donors (Lipinski definition) is 0. The summed E-state index contributed by atoms with van der Waals surface area (Å²) in [4.78, 5) is 12.0. The summed E-state index contributed by atoms with van der Waals surface area (Å²) in [6, 6.07) is 16.0. The molecule has 0 spiro atoms. The maximum atomic E-state index is 12.9. The van der Waals surface area contributed by atoms with Gasteiger partial charge in [0.15, 0.2) is 9.84 Å². The second kappa shape index (κ2) is 8.45. The second-order valence-corrected chi connectivity index (χ2v) is 11.1. The Morgan fingerprint density at radius 2 is 1.71 bits per heavy atom. The topological polar surface area (TPSA) is 71.1 Å². The lowest BCUT2D eigenvalue weighted by Gasteiger charge is -2.52. The molecule has 1 heterocycles. The minimum Gasteiger partial charge on any atom is -0.497 e. The number of rotatable bonds is 7. The molecule has 4 atom stereocenters. The maximum absolute atomic E-state index is 12.9. The predicted octanol–water partition coefficient (Wildman–Crippen LogP) is 4.44. The van der Waals surface area contributed by atoms with Gasteiger partial charge in [-0.2, -0.15) is 0 Å². The normalized spacial score (nSPS) is 30.5. The van der Waals surface area contributed by atoms with Crippen LogP contribution in [0.1, 0.15) is 33.1 Å². The quantitative estimate of drug-likeness (QED) is 0.586. The summed E-state index contributed by atoms with van der Waals surface area (Å²) < 4.78 is 37.1. The van der Waals surface area contributed by atoms with Crippen molar-refractivity contribution in [2.75, 3.05) is 19.5 Å². The molecule has 1 aliphatic heterocycles. The fourth-order valence-corrected chi connectivity index (χ4v) is 6.36. The van der Waals surface area contributed by atoms with Crippen LogP contribution in [0.2, 0.25) is 0 Å². The van der Waals surface area contributed by atoms with E-state index in [1.165, 1.54) is 0 Å². The Hall–Kier alpha value is -2.09. The van der Waals surface area contributed by atoms with Gasteiger partial charge < -0.3 is 9.47 Å². The van der Waals surface area contributed by atoms with Crippen molar-refractivity contribution in [3.63, 3.8) is 0 Å². The summed E-state index contributed by atoms with van der Waals surface area (Å²) in [6.07, 6.45) is 2.35. The molecule has 4 rings (SSSR count). The number of hydrogen-bond acceptors (Lipinski definition) is 6. The molecule has 6 nitrogen and oxygen atoms in total. The van der Waals surface area contributed by atoms with Crippen LogP contribution in [0.15, 0.2) is 59.5 Å². The average Bonchev–Trinajstić information content (AvgIpc) is 2.77. The van der Waals surface area contributed by atoms with Crippen LogP contribution < -0.4 is 9.47 Å². The molecule has 7 heteroatoms. The smallest absolute Gasteiger partial charge is 0.181 e. The summed E-state index contributed by atoms with van der Waals surface area (Å²) in [5.74, 6) is 1.58. The molecule has 0 N–H and O–H groups in total. The van der Waals surface area contributed by atoms with E-state index >= 15 is 0 Å². The molecule has 2 fully saturated rings. The highest BCUT2D eigenvalue weighted by atomic mass is 32.2. The van der Waals surface area contributed by atoms with E-state index in [-0.39, 0.29) is 23.2 Å². The van der Waals surface area contributed by atoms with Crippen molar-refractivity contribution in [2.45, 2.75) is 49.7 Å². The SMILES string of the molecule is COc1ccc(OC[C@]2(C)CC[C@@H]3C[C@H]2OO[C@]3(C)CS(=O)(=O)c2ccccc2)cc1. The first-order valence-electron chi connectivity index (χ1n) is 10.6. The molecular formula is C24H30O6S. The van der Waals surface area contributed by atoms with Gasteiger partial charge in [-0.25, -0.2) is 18.2 Å². The monoisotopic (exact) mass is 446 g/mol. The molecule has 0 aromatic heterocycles. The number of methoxy groups -OCH3 is 1. The molecule has 1 saturated carbocycles. The highest BCUT2D eigenvalue weighted by molar-refractivity contribution is 7.91. The predicted molar refractivity (Wildman–Crippen MR) is 117 cm³/mol. The Labute approximate surface area is 184 Å². The summed E-state index contributed by atoms with van der Waals surface area (Å²) >= 11 is 0. The molecule has 2 aromatic rings. The first-order chi connectivity index (χ1) is 14.7. The molecular weight excluding hydrogens is 416 g/mol. The van der Waals surface area contributed by atoms with Crippen LogP contribution in [-0.4, -0.2) is 39.6 Å². The van der Waals surface area contributed by atoms with Crippen LogP contribution in [0.3, 0.4) is 0 Å². The molecule has 2 aromatic carbocycles. The van der Waals surface area contributed by atoms with Crippen molar-refractivity contribution < 1.29 is 27.7 Å². The Morgan fingerprint density at radius 3 is 2.39 bits per heavy atom. The van der Waals surface area contributed by atoms with Gasteiger partial charge in [-0.1, -0.05) is 25.1 Å². The van der Waals surface area contributed by atoms with Crippen molar-refractivity contribution in [3.8, 4) is 11.5 Å². The summed E-state index contributed by atoms with van der Waals surface area (Å²) in [5.41, 5.74) is -1.08. The molecule has 2 bridgehead atoms. The fraction of sp³-hybridized carbons (Fsp3) is 0.500. The van der Waals surface area contributed by atoms with Crippen molar-refractivity contribution in [1.29, 1.82) is 0 Å². The van der Waals surface area contributed by atoms with E-state index < -0.39 is 15.4 Å². The molecule has 31 heavy (non-hydrogen) atoms. The van der Waals surface area contributed by atoms with Gasteiger partial charge in [0.25, 0.3) is 0 Å². The van der Waals surface area contributed by atoms with Crippen molar-refractivity contribution >= 4 is 9.84 Å². The van der Waals surface area contributed by atoms with Crippen LogP contribution >= 0.6 is 0 Å². The molecule has 0 amide bonds. The summed E-state index contributed by atoms with van der Waals surface area (Å²) in [7, 11) is -1.84. The molecule has 2 aliphatic rings. The van der Waals surface area contributed by atoms with Gasteiger partial charge >= 0.3 is 0 Å². The molecule has 1 saturated heterocycles. The third-order valence-corrected chi connectivity index (χ3v) is 8.71. The number of fused-ring (bicyclic) bond motifs is 2. The number of sulfone groups is 1. The van der Waals surface area contributed by atoms with Gasteiger partial charge in [0.2, 0.25) is 0 Å². The van der Waals surface area contributed by atoms with Gasteiger partial charge in [0.1, 0.15) is 23.2 Å². The van der Waals surface area contributed by atoms with Crippen molar-refractivity contribution in [1.82, 2.24) is 0 Å². The molecule has 0 radical (unpaired) electrons. The Morgan fingerprint density at radius 1 is 1.03 bits per heavy atom. The Balaban J connectivity index is 1.41. The molecule has 0 unspecified atom stereocenters. The highest BCUT2D eigenvalue weighted by Crippen LogP contribution is 2.49. The van der Waals surface area contributed by atoms with Crippen molar-refractivity contribution in [3.05, 3.63) is 54.6 Å². The Bertz CT molecular complexity index is 990.